The lowest BCUT2D eigenvalue weighted by Crippen LogP contribution is -2.17. The number of nitrogens with one attached hydrogen (secondary N) is 1. The first-order valence-electron chi connectivity index (χ1n) is 6.20. The third-order valence-corrected chi connectivity index (χ3v) is 2.89. The molecule has 2 rings (SSSR count). The minimum atomic E-state index is -4.63. The summed E-state index contributed by atoms with van der Waals surface area (Å²) < 4.78 is 67.2. The summed E-state index contributed by atoms with van der Waals surface area (Å²) >= 11 is 0. The van der Waals surface area contributed by atoms with Gasteiger partial charge in [-0.3, -0.25) is 0 Å². The van der Waals surface area contributed by atoms with E-state index in [1.54, 1.807) is 0 Å². The van der Waals surface area contributed by atoms with Gasteiger partial charge in [0.1, 0.15) is 12.4 Å². The van der Waals surface area contributed by atoms with Gasteiger partial charge in [0.15, 0.2) is 0 Å². The molecule has 0 bridgehead atoms. The fraction of sp³-hybridized carbons (Fsp3) is 0.538. The average molecular weight is 295 g/mol. The summed E-state index contributed by atoms with van der Waals surface area (Å²) in [6.45, 7) is -0.731. The largest absolute Gasteiger partial charge is 0.487 e. The van der Waals surface area contributed by atoms with E-state index in [0.717, 1.165) is 25.0 Å². The predicted octanol–water partition coefficient (Wildman–Crippen LogP) is 3.60. The van der Waals surface area contributed by atoms with Gasteiger partial charge in [0.05, 0.1) is 5.56 Å². The molecule has 1 aliphatic carbocycles. The molecule has 0 aromatic heterocycles. The molecular formula is C13H14F5NO. The molecule has 0 unspecified atom stereocenters. The molecule has 7 heteroatoms. The van der Waals surface area contributed by atoms with Gasteiger partial charge in [0, 0.05) is 12.6 Å². The number of benzene rings is 1. The van der Waals surface area contributed by atoms with E-state index in [0.29, 0.717) is 18.2 Å². The molecule has 0 aliphatic heterocycles. The van der Waals surface area contributed by atoms with Crippen LogP contribution in [0.2, 0.25) is 0 Å². The number of alkyl halides is 5. The molecule has 0 amide bonds. The quantitative estimate of drug-likeness (QED) is 0.810. The Morgan fingerprint density at radius 3 is 2.50 bits per heavy atom. The second-order valence-electron chi connectivity index (χ2n) is 4.69. The summed E-state index contributed by atoms with van der Waals surface area (Å²) in [6.07, 6.45) is -5.39. The van der Waals surface area contributed by atoms with Crippen LogP contribution >= 0.6 is 0 Å². The molecule has 0 saturated heterocycles. The molecule has 0 radical (unpaired) electrons. The number of ether oxygens (including phenoxy) is 1. The van der Waals surface area contributed by atoms with Crippen LogP contribution in [0.15, 0.2) is 18.2 Å². The van der Waals surface area contributed by atoms with E-state index in [4.69, 9.17) is 0 Å². The van der Waals surface area contributed by atoms with Gasteiger partial charge in [-0.2, -0.15) is 13.2 Å². The molecule has 1 aromatic carbocycles. The van der Waals surface area contributed by atoms with Crippen LogP contribution in [0, 0.1) is 0 Å². The summed E-state index contributed by atoms with van der Waals surface area (Å²) in [7, 11) is 0. The van der Waals surface area contributed by atoms with Gasteiger partial charge in [-0.05, 0) is 30.5 Å². The maximum atomic E-state index is 12.9. The van der Waals surface area contributed by atoms with E-state index in [1.807, 2.05) is 0 Å². The van der Waals surface area contributed by atoms with Crippen LogP contribution in [0.25, 0.3) is 0 Å². The second kappa shape index (κ2) is 5.95. The minimum absolute atomic E-state index is 0.322. The van der Waals surface area contributed by atoms with Gasteiger partial charge >= 0.3 is 6.18 Å². The smallest absolute Gasteiger partial charge is 0.419 e. The summed E-state index contributed by atoms with van der Waals surface area (Å²) in [5.74, 6) is -0.562. The van der Waals surface area contributed by atoms with E-state index < -0.39 is 30.5 Å². The van der Waals surface area contributed by atoms with E-state index in [9.17, 15) is 22.0 Å². The number of hydrogen-bond donors (Lipinski definition) is 1. The van der Waals surface area contributed by atoms with Crippen LogP contribution in [0.4, 0.5) is 22.0 Å². The van der Waals surface area contributed by atoms with Gasteiger partial charge in [0.25, 0.3) is 6.43 Å². The van der Waals surface area contributed by atoms with Crippen molar-refractivity contribution < 1.29 is 26.7 Å². The number of hydrogen-bond acceptors (Lipinski definition) is 2. The number of rotatable bonds is 6. The Bertz CT molecular complexity index is 457. The van der Waals surface area contributed by atoms with Crippen molar-refractivity contribution in [1.82, 2.24) is 5.32 Å². The molecule has 20 heavy (non-hydrogen) atoms. The Morgan fingerprint density at radius 1 is 1.25 bits per heavy atom. The van der Waals surface area contributed by atoms with Crippen molar-refractivity contribution in [2.75, 3.05) is 6.61 Å². The van der Waals surface area contributed by atoms with Crippen LogP contribution in [-0.4, -0.2) is 19.1 Å². The Balaban J connectivity index is 2.13. The van der Waals surface area contributed by atoms with E-state index >= 15 is 0 Å². The van der Waals surface area contributed by atoms with Crippen molar-refractivity contribution in [2.45, 2.75) is 38.0 Å². The van der Waals surface area contributed by atoms with Crippen molar-refractivity contribution >= 4 is 0 Å². The lowest BCUT2D eigenvalue weighted by atomic mass is 10.1. The molecule has 1 saturated carbocycles. The highest BCUT2D eigenvalue weighted by molar-refractivity contribution is 5.39. The normalized spacial score (nSPS) is 15.7. The van der Waals surface area contributed by atoms with Crippen LogP contribution in [-0.2, 0) is 12.7 Å². The molecule has 1 aromatic rings. The Labute approximate surface area is 112 Å². The lowest BCUT2D eigenvalue weighted by molar-refractivity contribution is -0.139. The first-order valence-corrected chi connectivity index (χ1v) is 6.20. The predicted molar refractivity (Wildman–Crippen MR) is 62.8 cm³/mol. The molecular weight excluding hydrogens is 281 g/mol. The first-order chi connectivity index (χ1) is 9.36. The molecule has 0 atom stereocenters. The van der Waals surface area contributed by atoms with Crippen molar-refractivity contribution in [3.8, 4) is 5.75 Å². The highest BCUT2D eigenvalue weighted by Crippen LogP contribution is 2.37. The fourth-order valence-electron chi connectivity index (χ4n) is 1.74. The van der Waals surface area contributed by atoms with Gasteiger partial charge in [-0.15, -0.1) is 0 Å². The van der Waals surface area contributed by atoms with Crippen LogP contribution in [0.5, 0.6) is 5.75 Å². The second-order valence-corrected chi connectivity index (χ2v) is 4.69. The van der Waals surface area contributed by atoms with Crippen LogP contribution in [0.3, 0.4) is 0 Å². The summed E-state index contributed by atoms with van der Waals surface area (Å²) in [5.41, 5.74) is -0.568. The summed E-state index contributed by atoms with van der Waals surface area (Å²) in [5, 5.41) is 3.09. The Hall–Kier alpha value is -1.37. The van der Waals surface area contributed by atoms with Gasteiger partial charge in [-0.25, -0.2) is 8.78 Å². The van der Waals surface area contributed by atoms with Crippen molar-refractivity contribution in [3.05, 3.63) is 29.3 Å². The van der Waals surface area contributed by atoms with E-state index in [-0.39, 0.29) is 0 Å². The molecule has 0 spiro atoms. The molecule has 0 heterocycles. The van der Waals surface area contributed by atoms with Crippen molar-refractivity contribution in [2.24, 2.45) is 0 Å². The first kappa shape index (κ1) is 15.0. The average Bonchev–Trinajstić information content (AvgIpc) is 3.17. The zero-order valence-corrected chi connectivity index (χ0v) is 10.5. The molecule has 1 N–H and O–H groups in total. The number of halogens is 5. The molecule has 1 aliphatic rings. The highest BCUT2D eigenvalue weighted by atomic mass is 19.4. The van der Waals surface area contributed by atoms with Gasteiger partial charge in [0.2, 0.25) is 0 Å². The maximum absolute atomic E-state index is 12.9. The van der Waals surface area contributed by atoms with Gasteiger partial charge < -0.3 is 10.1 Å². The third kappa shape index (κ3) is 4.33. The van der Waals surface area contributed by atoms with Crippen molar-refractivity contribution in [1.29, 1.82) is 0 Å². The molecule has 112 valence electrons. The summed E-state index contributed by atoms with van der Waals surface area (Å²) in [6, 6.07) is 3.86. The zero-order valence-electron chi connectivity index (χ0n) is 10.5. The monoisotopic (exact) mass is 295 g/mol. The van der Waals surface area contributed by atoms with Crippen molar-refractivity contribution in [3.63, 3.8) is 0 Å². The van der Waals surface area contributed by atoms with Crippen LogP contribution < -0.4 is 10.1 Å². The lowest BCUT2D eigenvalue weighted by Gasteiger charge is -2.15. The third-order valence-electron chi connectivity index (χ3n) is 2.89. The van der Waals surface area contributed by atoms with Crippen LogP contribution in [0.1, 0.15) is 24.0 Å². The highest BCUT2D eigenvalue weighted by Gasteiger charge is 2.35. The van der Waals surface area contributed by atoms with E-state index in [1.165, 1.54) is 6.07 Å². The topological polar surface area (TPSA) is 21.3 Å². The minimum Gasteiger partial charge on any atom is -0.487 e. The van der Waals surface area contributed by atoms with E-state index in [2.05, 4.69) is 10.1 Å². The maximum Gasteiger partial charge on any atom is 0.419 e. The Morgan fingerprint density at radius 2 is 1.95 bits per heavy atom. The van der Waals surface area contributed by atoms with Gasteiger partial charge in [-0.1, -0.05) is 6.07 Å². The standard InChI is InChI=1S/C13H14F5NO/c14-12(15)7-20-11-4-1-8(6-19-9-2-3-9)5-10(11)13(16,17)18/h1,4-5,9,12,19H,2-3,6-7H2. The molecule has 1 fully saturated rings. The Kier molecular flexibility index (Phi) is 4.47. The zero-order chi connectivity index (χ0) is 14.8. The fourth-order valence-corrected chi connectivity index (χ4v) is 1.74. The molecule has 2 nitrogen and oxygen atoms in total. The summed E-state index contributed by atoms with van der Waals surface area (Å²) in [4.78, 5) is 0. The SMILES string of the molecule is FC(F)COc1ccc(CNC2CC2)cc1C(F)(F)F.